The van der Waals surface area contributed by atoms with Crippen LogP contribution in [0, 0.1) is 64.1 Å². The molecule has 0 saturated heterocycles. The molecule has 0 heterocycles. The zero-order chi connectivity index (χ0) is 21.8. The van der Waals surface area contributed by atoms with Gasteiger partial charge in [0, 0.05) is 0 Å². The molecule has 0 aliphatic heterocycles. The van der Waals surface area contributed by atoms with E-state index in [0.717, 1.165) is 66.1 Å². The molecule has 4 saturated carbocycles. The summed E-state index contributed by atoms with van der Waals surface area (Å²) in [5, 5.41) is 10.3. The highest BCUT2D eigenvalue weighted by atomic mass is 16.3. The fourth-order valence-electron chi connectivity index (χ4n) is 9.83. The summed E-state index contributed by atoms with van der Waals surface area (Å²) in [5.74, 6) is 8.01. The quantitative estimate of drug-likeness (QED) is 0.482. The van der Waals surface area contributed by atoms with Crippen LogP contribution in [0.3, 0.4) is 0 Å². The first-order valence-electron chi connectivity index (χ1n) is 13.8. The molecule has 4 aliphatic carbocycles. The van der Waals surface area contributed by atoms with Crippen LogP contribution in [0.5, 0.6) is 0 Å². The Labute approximate surface area is 188 Å². The van der Waals surface area contributed by atoms with Crippen LogP contribution in [-0.2, 0) is 0 Å². The third kappa shape index (κ3) is 3.72. The van der Waals surface area contributed by atoms with E-state index in [2.05, 4.69) is 48.5 Å². The van der Waals surface area contributed by atoms with Crippen molar-refractivity contribution in [3.8, 4) is 0 Å². The Morgan fingerprint density at radius 2 is 1.47 bits per heavy atom. The predicted octanol–water partition coefficient (Wildman–Crippen LogP) is 7.96. The Morgan fingerprint density at radius 3 is 2.17 bits per heavy atom. The van der Waals surface area contributed by atoms with Crippen molar-refractivity contribution in [2.75, 3.05) is 0 Å². The van der Waals surface area contributed by atoms with Gasteiger partial charge in [-0.2, -0.15) is 0 Å². The lowest BCUT2D eigenvalue weighted by atomic mass is 9.44. The predicted molar refractivity (Wildman–Crippen MR) is 128 cm³/mol. The van der Waals surface area contributed by atoms with Gasteiger partial charge >= 0.3 is 0 Å². The summed E-state index contributed by atoms with van der Waals surface area (Å²) in [4.78, 5) is 0. The minimum atomic E-state index is -0.0135. The largest absolute Gasteiger partial charge is 0.393 e. The molecule has 0 spiro atoms. The van der Waals surface area contributed by atoms with E-state index in [1.54, 1.807) is 0 Å². The monoisotopic (exact) mass is 416 g/mol. The molecule has 0 aromatic carbocycles. The van der Waals surface area contributed by atoms with Crippen molar-refractivity contribution >= 4 is 0 Å². The molecule has 4 rings (SSSR count). The van der Waals surface area contributed by atoms with E-state index >= 15 is 0 Å². The topological polar surface area (TPSA) is 20.2 Å². The molecule has 0 aromatic rings. The van der Waals surface area contributed by atoms with Crippen molar-refractivity contribution in [2.45, 2.75) is 119 Å². The molecule has 11 atom stereocenters. The average Bonchev–Trinajstić information content (AvgIpc) is 3.05. The van der Waals surface area contributed by atoms with E-state index in [1.807, 2.05) is 0 Å². The maximum Gasteiger partial charge on any atom is 0.0543 e. The van der Waals surface area contributed by atoms with Crippen molar-refractivity contribution in [2.24, 2.45) is 64.1 Å². The summed E-state index contributed by atoms with van der Waals surface area (Å²) in [6, 6.07) is 0. The number of rotatable bonds is 5. The van der Waals surface area contributed by atoms with E-state index in [-0.39, 0.29) is 6.10 Å². The summed E-state index contributed by atoms with van der Waals surface area (Å²) < 4.78 is 0. The van der Waals surface area contributed by atoms with Gasteiger partial charge in [0.25, 0.3) is 0 Å². The Hall–Kier alpha value is -0.0400. The van der Waals surface area contributed by atoms with Crippen LogP contribution in [0.1, 0.15) is 113 Å². The fourth-order valence-corrected chi connectivity index (χ4v) is 9.83. The van der Waals surface area contributed by atoms with Crippen molar-refractivity contribution in [1.29, 1.82) is 0 Å². The number of hydrogen-bond donors (Lipinski definition) is 1. The van der Waals surface area contributed by atoms with Gasteiger partial charge in [0.05, 0.1) is 6.10 Å². The Balaban J connectivity index is 1.47. The third-order valence-corrected chi connectivity index (χ3v) is 12.1. The SMILES string of the molecule is CC(C)[C@@H](C)[C@H](C)C[C@@H](C)C1CCC2C3CC[C@H]4C[C@@H](O)CC[C@]4(C)C3CC[C@@]21C. The van der Waals surface area contributed by atoms with Gasteiger partial charge in [0.1, 0.15) is 0 Å². The lowest BCUT2D eigenvalue weighted by molar-refractivity contribution is -0.129. The fraction of sp³-hybridized carbons (Fsp3) is 1.00. The first kappa shape index (κ1) is 23.1. The van der Waals surface area contributed by atoms with Crippen LogP contribution in [0.25, 0.3) is 0 Å². The summed E-state index contributed by atoms with van der Waals surface area (Å²) >= 11 is 0. The van der Waals surface area contributed by atoms with Crippen LogP contribution >= 0.6 is 0 Å². The van der Waals surface area contributed by atoms with E-state index < -0.39 is 0 Å². The molecule has 1 nitrogen and oxygen atoms in total. The Kier molecular flexibility index (Phi) is 6.47. The van der Waals surface area contributed by atoms with Crippen LogP contribution in [0.15, 0.2) is 0 Å². The molecule has 0 aromatic heterocycles. The van der Waals surface area contributed by atoms with Crippen LogP contribution in [0.4, 0.5) is 0 Å². The highest BCUT2D eigenvalue weighted by Gasteiger charge is 2.60. The number of hydrogen-bond acceptors (Lipinski definition) is 1. The molecule has 0 bridgehead atoms. The highest BCUT2D eigenvalue weighted by Crippen LogP contribution is 2.68. The van der Waals surface area contributed by atoms with Gasteiger partial charge < -0.3 is 5.11 Å². The van der Waals surface area contributed by atoms with Crippen LogP contribution in [0.2, 0.25) is 0 Å². The molecule has 1 heteroatoms. The standard InChI is InChI=1S/C29H52O/c1-18(2)21(5)19(3)16-20(4)25-10-11-26-24-9-8-22-17-23(30)12-14-28(22,6)27(24)13-15-29(25,26)7/h18-27,30H,8-17H2,1-7H3/t19-,20-,21-,22+,23+,24?,25?,26?,27?,28+,29-/m1/s1. The molecular formula is C29H52O. The van der Waals surface area contributed by atoms with Crippen LogP contribution in [-0.4, -0.2) is 11.2 Å². The van der Waals surface area contributed by atoms with E-state index in [9.17, 15) is 5.11 Å². The molecule has 0 amide bonds. The first-order valence-corrected chi connectivity index (χ1v) is 13.8. The molecule has 4 fully saturated rings. The molecule has 1 N–H and O–H groups in total. The van der Waals surface area contributed by atoms with Crippen molar-refractivity contribution in [3.05, 3.63) is 0 Å². The Morgan fingerprint density at radius 1 is 0.800 bits per heavy atom. The zero-order valence-corrected chi connectivity index (χ0v) is 21.3. The van der Waals surface area contributed by atoms with Crippen molar-refractivity contribution < 1.29 is 5.11 Å². The minimum absolute atomic E-state index is 0.0135. The normalized spacial score (nSPS) is 49.1. The van der Waals surface area contributed by atoms with Gasteiger partial charge in [0.15, 0.2) is 0 Å². The van der Waals surface area contributed by atoms with Gasteiger partial charge in [-0.3, -0.25) is 0 Å². The molecule has 4 unspecified atom stereocenters. The van der Waals surface area contributed by atoms with E-state index in [0.29, 0.717) is 10.8 Å². The molecule has 4 aliphatic rings. The van der Waals surface area contributed by atoms with Crippen LogP contribution < -0.4 is 0 Å². The lowest BCUT2D eigenvalue weighted by Gasteiger charge is -2.61. The number of aliphatic hydroxyl groups excluding tert-OH is 1. The van der Waals surface area contributed by atoms with Crippen molar-refractivity contribution in [1.82, 2.24) is 0 Å². The van der Waals surface area contributed by atoms with Gasteiger partial charge in [-0.25, -0.2) is 0 Å². The second-order valence-corrected chi connectivity index (χ2v) is 13.6. The first-order chi connectivity index (χ1) is 14.1. The summed E-state index contributed by atoms with van der Waals surface area (Å²) in [5.41, 5.74) is 1.12. The smallest absolute Gasteiger partial charge is 0.0543 e. The maximum atomic E-state index is 10.3. The van der Waals surface area contributed by atoms with Gasteiger partial charge in [-0.05, 0) is 128 Å². The molecular weight excluding hydrogens is 364 g/mol. The van der Waals surface area contributed by atoms with Crippen molar-refractivity contribution in [3.63, 3.8) is 0 Å². The molecule has 0 radical (unpaired) electrons. The summed E-state index contributed by atoms with van der Waals surface area (Å²) in [7, 11) is 0. The average molecular weight is 417 g/mol. The summed E-state index contributed by atoms with van der Waals surface area (Å²) in [6.07, 6.45) is 13.7. The Bertz CT molecular complexity index is 597. The lowest BCUT2D eigenvalue weighted by Crippen LogP contribution is -2.54. The summed E-state index contributed by atoms with van der Waals surface area (Å²) in [6.45, 7) is 17.8. The number of aliphatic hydroxyl groups is 1. The highest BCUT2D eigenvalue weighted by molar-refractivity contribution is 5.09. The molecule has 174 valence electrons. The minimum Gasteiger partial charge on any atom is -0.393 e. The number of fused-ring (bicyclic) bond motifs is 5. The molecule has 30 heavy (non-hydrogen) atoms. The second-order valence-electron chi connectivity index (χ2n) is 13.6. The zero-order valence-electron chi connectivity index (χ0n) is 21.3. The van der Waals surface area contributed by atoms with E-state index in [1.165, 1.54) is 51.4 Å². The van der Waals surface area contributed by atoms with E-state index in [4.69, 9.17) is 0 Å². The maximum absolute atomic E-state index is 10.3. The van der Waals surface area contributed by atoms with Gasteiger partial charge in [0.2, 0.25) is 0 Å². The third-order valence-electron chi connectivity index (χ3n) is 12.1. The van der Waals surface area contributed by atoms with Gasteiger partial charge in [-0.15, -0.1) is 0 Å². The second kappa shape index (κ2) is 8.39. The van der Waals surface area contributed by atoms with Gasteiger partial charge in [-0.1, -0.05) is 48.5 Å².